The van der Waals surface area contributed by atoms with Crippen LogP contribution in [0, 0.1) is 17.7 Å². The van der Waals surface area contributed by atoms with Gasteiger partial charge in [-0.15, -0.1) is 0 Å². The van der Waals surface area contributed by atoms with E-state index in [2.05, 4.69) is 10.6 Å². The van der Waals surface area contributed by atoms with Gasteiger partial charge in [0.05, 0.1) is 31.1 Å². The van der Waals surface area contributed by atoms with Gasteiger partial charge < -0.3 is 15.2 Å². The smallest absolute Gasteiger partial charge is 0.250 e. The highest BCUT2D eigenvalue weighted by atomic mass is 19.1. The number of ether oxygens (including phenoxy) is 1. The van der Waals surface area contributed by atoms with Crippen molar-refractivity contribution >= 4 is 23.4 Å². The van der Waals surface area contributed by atoms with Crippen molar-refractivity contribution in [3.05, 3.63) is 29.6 Å². The number of hydrogen-bond donors (Lipinski definition) is 3. The Labute approximate surface area is 154 Å². The zero-order valence-electron chi connectivity index (χ0n) is 14.9. The lowest BCUT2D eigenvalue weighted by Crippen LogP contribution is -2.55. The summed E-state index contributed by atoms with van der Waals surface area (Å²) in [5, 5.41) is 15.9. The summed E-state index contributed by atoms with van der Waals surface area (Å²) >= 11 is 0. The quantitative estimate of drug-likeness (QED) is 0.615. The molecular weight excluding hydrogens is 357 g/mol. The van der Waals surface area contributed by atoms with Gasteiger partial charge in [-0.1, -0.05) is 0 Å². The van der Waals surface area contributed by atoms with E-state index in [0.29, 0.717) is 5.69 Å². The molecule has 0 bridgehead atoms. The molecule has 3 heterocycles. The van der Waals surface area contributed by atoms with Crippen LogP contribution in [0.25, 0.3) is 0 Å². The third-order valence-corrected chi connectivity index (χ3v) is 5.74. The van der Waals surface area contributed by atoms with Gasteiger partial charge in [0.1, 0.15) is 11.4 Å². The van der Waals surface area contributed by atoms with Crippen molar-refractivity contribution in [3.8, 4) is 0 Å². The predicted molar refractivity (Wildman–Crippen MR) is 90.9 cm³/mol. The molecule has 0 saturated carbocycles. The molecule has 0 aromatic heterocycles. The molecule has 5 atom stereocenters. The summed E-state index contributed by atoms with van der Waals surface area (Å²) in [6.45, 7) is 1.71. The Morgan fingerprint density at radius 3 is 2.74 bits per heavy atom. The van der Waals surface area contributed by atoms with Crippen molar-refractivity contribution in [2.24, 2.45) is 11.8 Å². The summed E-state index contributed by atoms with van der Waals surface area (Å²) in [6, 6.07) is 3.01. The first-order chi connectivity index (χ1) is 12.8. The van der Waals surface area contributed by atoms with Crippen LogP contribution in [0.5, 0.6) is 0 Å². The molecule has 3 aliphatic rings. The van der Waals surface area contributed by atoms with Crippen molar-refractivity contribution in [1.29, 1.82) is 0 Å². The van der Waals surface area contributed by atoms with E-state index in [4.69, 9.17) is 4.74 Å². The van der Waals surface area contributed by atoms with E-state index < -0.39 is 53.1 Å². The third kappa shape index (κ3) is 2.28. The lowest BCUT2D eigenvalue weighted by Gasteiger charge is -2.30. The van der Waals surface area contributed by atoms with Gasteiger partial charge in [0.25, 0.3) is 0 Å². The van der Waals surface area contributed by atoms with Crippen molar-refractivity contribution in [1.82, 2.24) is 10.2 Å². The average molecular weight is 377 g/mol. The average Bonchev–Trinajstić information content (AvgIpc) is 3.20. The molecule has 27 heavy (non-hydrogen) atoms. The van der Waals surface area contributed by atoms with Gasteiger partial charge >= 0.3 is 0 Å². The predicted octanol–water partition coefficient (Wildman–Crippen LogP) is -0.427. The largest absolute Gasteiger partial charge is 0.392 e. The van der Waals surface area contributed by atoms with E-state index in [1.54, 1.807) is 0 Å². The van der Waals surface area contributed by atoms with E-state index in [1.807, 2.05) is 0 Å². The summed E-state index contributed by atoms with van der Waals surface area (Å²) < 4.78 is 18.9. The molecule has 2 saturated heterocycles. The van der Waals surface area contributed by atoms with Gasteiger partial charge in [0.2, 0.25) is 17.7 Å². The molecule has 8 nitrogen and oxygen atoms in total. The van der Waals surface area contributed by atoms with Crippen LogP contribution in [0.3, 0.4) is 0 Å². The van der Waals surface area contributed by atoms with Crippen molar-refractivity contribution in [2.45, 2.75) is 24.6 Å². The Balaban J connectivity index is 1.86. The zero-order valence-corrected chi connectivity index (χ0v) is 14.9. The fraction of sp³-hybridized carbons (Fsp3) is 0.500. The molecule has 0 unspecified atom stereocenters. The van der Waals surface area contributed by atoms with Crippen LogP contribution >= 0.6 is 0 Å². The maximum absolute atomic E-state index is 13.9. The number of benzene rings is 1. The topological polar surface area (TPSA) is 108 Å². The monoisotopic (exact) mass is 377 g/mol. The van der Waals surface area contributed by atoms with Crippen LogP contribution in [0.2, 0.25) is 0 Å². The van der Waals surface area contributed by atoms with Crippen LogP contribution in [-0.2, 0) is 24.7 Å². The molecule has 3 aliphatic heterocycles. The number of rotatable bonds is 4. The molecule has 9 heteroatoms. The highest BCUT2D eigenvalue weighted by Crippen LogP contribution is 2.53. The maximum Gasteiger partial charge on any atom is 0.250 e. The molecule has 1 spiro atoms. The maximum atomic E-state index is 13.9. The number of methoxy groups -OCH3 is 1. The number of nitrogens with zero attached hydrogens (tertiary/aromatic N) is 1. The highest BCUT2D eigenvalue weighted by Gasteiger charge is 2.71. The van der Waals surface area contributed by atoms with Gasteiger partial charge in [0, 0.05) is 24.4 Å². The van der Waals surface area contributed by atoms with Crippen LogP contribution in [0.15, 0.2) is 18.2 Å². The van der Waals surface area contributed by atoms with Crippen molar-refractivity contribution < 1.29 is 28.6 Å². The minimum Gasteiger partial charge on any atom is -0.392 e. The Bertz CT molecular complexity index is 844. The summed E-state index contributed by atoms with van der Waals surface area (Å²) in [5.41, 5.74) is -0.937. The zero-order chi connectivity index (χ0) is 19.5. The van der Waals surface area contributed by atoms with E-state index in [9.17, 15) is 23.9 Å². The van der Waals surface area contributed by atoms with Crippen LogP contribution in [-0.4, -0.2) is 60.1 Å². The van der Waals surface area contributed by atoms with E-state index >= 15 is 0 Å². The SMILES string of the molecule is COCCN1C(=O)[C@@H]2[C@@H]([C@H](C)O)N[C@]3(C(=O)Nc4ccc(F)cc43)[C@@H]2C1=O. The Morgan fingerprint density at radius 2 is 2.07 bits per heavy atom. The minimum absolute atomic E-state index is 0.0569. The van der Waals surface area contributed by atoms with Gasteiger partial charge in [-0.25, -0.2) is 4.39 Å². The van der Waals surface area contributed by atoms with Crippen molar-refractivity contribution in [2.75, 3.05) is 25.6 Å². The second kappa shape index (κ2) is 6.08. The molecule has 1 aromatic carbocycles. The lowest BCUT2D eigenvalue weighted by atomic mass is 9.76. The van der Waals surface area contributed by atoms with Gasteiger partial charge in [-0.3, -0.25) is 24.6 Å². The third-order valence-electron chi connectivity index (χ3n) is 5.74. The number of fused-ring (bicyclic) bond motifs is 4. The number of imide groups is 1. The summed E-state index contributed by atoms with van der Waals surface area (Å²) in [5.74, 6) is -4.06. The number of hydrogen-bond acceptors (Lipinski definition) is 6. The molecular formula is C18H20FN3O5. The Hall–Kier alpha value is -2.36. The van der Waals surface area contributed by atoms with E-state index in [1.165, 1.54) is 32.2 Å². The Kier molecular flexibility index (Phi) is 4.06. The number of likely N-dealkylation sites (tertiary alicyclic amines) is 1. The lowest BCUT2D eigenvalue weighted by molar-refractivity contribution is -0.143. The number of anilines is 1. The summed E-state index contributed by atoms with van der Waals surface area (Å²) in [4.78, 5) is 40.1. The molecule has 3 N–H and O–H groups in total. The number of aliphatic hydroxyl groups is 1. The number of carbonyl (C=O) groups is 3. The van der Waals surface area contributed by atoms with Gasteiger partial charge in [-0.2, -0.15) is 0 Å². The van der Waals surface area contributed by atoms with E-state index in [-0.39, 0.29) is 18.7 Å². The molecule has 0 radical (unpaired) electrons. The minimum atomic E-state index is -1.60. The van der Waals surface area contributed by atoms with Gasteiger partial charge in [0.15, 0.2) is 0 Å². The normalized spacial score (nSPS) is 32.8. The fourth-order valence-electron chi connectivity index (χ4n) is 4.58. The van der Waals surface area contributed by atoms with Crippen LogP contribution < -0.4 is 10.6 Å². The first kappa shape index (κ1) is 18.0. The Morgan fingerprint density at radius 1 is 1.33 bits per heavy atom. The van der Waals surface area contributed by atoms with Crippen LogP contribution in [0.1, 0.15) is 12.5 Å². The summed E-state index contributed by atoms with van der Waals surface area (Å²) in [7, 11) is 1.46. The highest BCUT2D eigenvalue weighted by molar-refractivity contribution is 6.15. The fourth-order valence-corrected chi connectivity index (χ4v) is 4.58. The number of halogens is 1. The molecule has 0 aliphatic carbocycles. The summed E-state index contributed by atoms with van der Waals surface area (Å²) in [6.07, 6.45) is -0.999. The number of amides is 3. The molecule has 1 aromatic rings. The second-order valence-electron chi connectivity index (χ2n) is 7.19. The number of aliphatic hydroxyl groups excluding tert-OH is 1. The first-order valence-corrected chi connectivity index (χ1v) is 8.74. The number of carbonyl (C=O) groups excluding carboxylic acids is 3. The molecule has 144 valence electrons. The first-order valence-electron chi connectivity index (χ1n) is 8.74. The van der Waals surface area contributed by atoms with Crippen molar-refractivity contribution in [3.63, 3.8) is 0 Å². The van der Waals surface area contributed by atoms with E-state index in [0.717, 1.165) is 4.90 Å². The standard InChI is InChI=1S/C18H20FN3O5/c1-8(23)14-12-13(16(25)22(15(12)24)5-6-27-2)18(21-14)10-7-9(19)3-4-11(10)20-17(18)26/h3-4,7-8,12-14,21,23H,5-6H2,1-2H3,(H,20,26)/t8-,12-,13-,14+,18-/m0/s1. The van der Waals surface area contributed by atoms with Crippen LogP contribution in [0.4, 0.5) is 10.1 Å². The second-order valence-corrected chi connectivity index (χ2v) is 7.19. The molecule has 4 rings (SSSR count). The molecule has 2 fully saturated rings. The molecule has 3 amide bonds. The number of nitrogens with one attached hydrogen (secondary N) is 2. The van der Waals surface area contributed by atoms with Gasteiger partial charge in [-0.05, 0) is 25.1 Å².